The molecule has 2 atom stereocenters. The van der Waals surface area contributed by atoms with Gasteiger partial charge in [-0.25, -0.2) is 0 Å². The predicted octanol–water partition coefficient (Wildman–Crippen LogP) is -1.40. The molecule has 1 saturated heterocycles. The molecule has 76 valence electrons. The van der Waals surface area contributed by atoms with Crippen molar-refractivity contribution in [3.8, 4) is 0 Å². The molecule has 1 unspecified atom stereocenters. The maximum atomic E-state index is 11.4. The fourth-order valence-electron chi connectivity index (χ4n) is 1.18. The third-order valence-corrected chi connectivity index (χ3v) is 2.06. The zero-order chi connectivity index (χ0) is 9.90. The molecule has 0 aromatic rings. The largest absolute Gasteiger partial charge is 0.392 e. The minimum Gasteiger partial charge on any atom is -0.392 e. The first-order valence-electron chi connectivity index (χ1n) is 4.37. The van der Waals surface area contributed by atoms with Crippen molar-refractivity contribution in [3.63, 3.8) is 0 Å². The molecule has 1 fully saturated rings. The van der Waals surface area contributed by atoms with E-state index in [1.54, 1.807) is 6.92 Å². The van der Waals surface area contributed by atoms with Gasteiger partial charge < -0.3 is 20.9 Å². The van der Waals surface area contributed by atoms with Gasteiger partial charge in [0.15, 0.2) is 0 Å². The Morgan fingerprint density at radius 3 is 3.00 bits per heavy atom. The Morgan fingerprint density at radius 1 is 1.85 bits per heavy atom. The summed E-state index contributed by atoms with van der Waals surface area (Å²) >= 11 is 0. The number of nitrogens with two attached hydrogens (primary N) is 1. The number of hydrogen-bond acceptors (Lipinski definition) is 4. The number of amides is 1. The SMILES string of the molecule is C[C@H](O)CNC(=O)C1(N)CCOC1. The molecule has 1 aliphatic heterocycles. The topological polar surface area (TPSA) is 84.6 Å². The Morgan fingerprint density at radius 2 is 2.54 bits per heavy atom. The number of hydrogen-bond donors (Lipinski definition) is 3. The molecule has 0 aromatic carbocycles. The van der Waals surface area contributed by atoms with Crippen LogP contribution in [0.2, 0.25) is 0 Å². The second-order valence-electron chi connectivity index (χ2n) is 3.52. The minimum atomic E-state index is -0.894. The molecule has 0 aromatic heterocycles. The van der Waals surface area contributed by atoms with Crippen LogP contribution in [0.25, 0.3) is 0 Å². The Balaban J connectivity index is 2.38. The highest BCUT2D eigenvalue weighted by Gasteiger charge is 2.37. The van der Waals surface area contributed by atoms with Gasteiger partial charge in [-0.15, -0.1) is 0 Å². The van der Waals surface area contributed by atoms with Gasteiger partial charge in [0, 0.05) is 13.2 Å². The summed E-state index contributed by atoms with van der Waals surface area (Å²) in [6, 6.07) is 0. The van der Waals surface area contributed by atoms with Crippen molar-refractivity contribution >= 4 is 5.91 Å². The molecule has 5 heteroatoms. The third kappa shape index (κ3) is 2.65. The fraction of sp³-hybridized carbons (Fsp3) is 0.875. The van der Waals surface area contributed by atoms with Gasteiger partial charge in [0.1, 0.15) is 5.54 Å². The van der Waals surface area contributed by atoms with Gasteiger partial charge in [-0.05, 0) is 13.3 Å². The standard InChI is InChI=1S/C8H16N2O3/c1-6(11)4-10-7(12)8(9)2-3-13-5-8/h6,11H,2-5,9H2,1H3,(H,10,12)/t6-,8?/m0/s1. The van der Waals surface area contributed by atoms with Gasteiger partial charge in [-0.3, -0.25) is 4.79 Å². The zero-order valence-corrected chi connectivity index (χ0v) is 7.75. The van der Waals surface area contributed by atoms with E-state index in [4.69, 9.17) is 15.6 Å². The molecular formula is C8H16N2O3. The predicted molar refractivity (Wildman–Crippen MR) is 47.0 cm³/mol. The Kier molecular flexibility index (Phi) is 3.24. The second kappa shape index (κ2) is 4.04. The minimum absolute atomic E-state index is 0.234. The summed E-state index contributed by atoms with van der Waals surface area (Å²) in [6.45, 7) is 2.63. The van der Waals surface area contributed by atoms with Crippen LogP contribution >= 0.6 is 0 Å². The zero-order valence-electron chi connectivity index (χ0n) is 7.75. The molecule has 1 aliphatic rings. The van der Waals surface area contributed by atoms with Crippen LogP contribution < -0.4 is 11.1 Å². The van der Waals surface area contributed by atoms with Crippen molar-refractivity contribution in [3.05, 3.63) is 0 Å². The van der Waals surface area contributed by atoms with E-state index in [9.17, 15) is 4.79 Å². The molecule has 0 saturated carbocycles. The first-order chi connectivity index (χ1) is 6.04. The molecular weight excluding hydrogens is 172 g/mol. The van der Waals surface area contributed by atoms with Gasteiger partial charge in [-0.1, -0.05) is 0 Å². The van der Waals surface area contributed by atoms with Crippen LogP contribution in [-0.2, 0) is 9.53 Å². The van der Waals surface area contributed by atoms with Gasteiger partial charge in [0.05, 0.1) is 12.7 Å². The second-order valence-corrected chi connectivity index (χ2v) is 3.52. The van der Waals surface area contributed by atoms with Crippen LogP contribution in [0.15, 0.2) is 0 Å². The van der Waals surface area contributed by atoms with Crippen LogP contribution in [0.1, 0.15) is 13.3 Å². The Labute approximate surface area is 77.2 Å². The summed E-state index contributed by atoms with van der Waals surface area (Å²) in [5.41, 5.74) is 4.88. The van der Waals surface area contributed by atoms with E-state index < -0.39 is 11.6 Å². The number of aliphatic hydroxyl groups is 1. The maximum absolute atomic E-state index is 11.4. The van der Waals surface area contributed by atoms with Gasteiger partial charge in [-0.2, -0.15) is 0 Å². The lowest BCUT2D eigenvalue weighted by Gasteiger charge is -2.20. The molecule has 0 bridgehead atoms. The summed E-state index contributed by atoms with van der Waals surface area (Å²) in [7, 11) is 0. The van der Waals surface area contributed by atoms with Crippen molar-refractivity contribution in [2.45, 2.75) is 25.0 Å². The third-order valence-electron chi connectivity index (χ3n) is 2.06. The smallest absolute Gasteiger partial charge is 0.242 e. The van der Waals surface area contributed by atoms with E-state index in [1.807, 2.05) is 0 Å². The lowest BCUT2D eigenvalue weighted by molar-refractivity contribution is -0.126. The molecule has 0 radical (unpaired) electrons. The van der Waals surface area contributed by atoms with Crippen LogP contribution in [0.3, 0.4) is 0 Å². The van der Waals surface area contributed by atoms with Gasteiger partial charge in [0.25, 0.3) is 0 Å². The molecule has 0 spiro atoms. The van der Waals surface area contributed by atoms with E-state index in [0.717, 1.165) is 0 Å². The highest BCUT2D eigenvalue weighted by Crippen LogP contribution is 2.15. The molecule has 1 amide bonds. The number of rotatable bonds is 3. The molecule has 0 aliphatic carbocycles. The van der Waals surface area contributed by atoms with Crippen molar-refractivity contribution in [2.75, 3.05) is 19.8 Å². The van der Waals surface area contributed by atoms with Gasteiger partial charge in [0.2, 0.25) is 5.91 Å². The lowest BCUT2D eigenvalue weighted by atomic mass is 9.99. The van der Waals surface area contributed by atoms with Crippen molar-refractivity contribution in [1.29, 1.82) is 0 Å². The number of carbonyl (C=O) groups excluding carboxylic acids is 1. The average Bonchev–Trinajstić information content (AvgIpc) is 2.49. The van der Waals surface area contributed by atoms with E-state index >= 15 is 0 Å². The van der Waals surface area contributed by atoms with Crippen LogP contribution in [0.5, 0.6) is 0 Å². The van der Waals surface area contributed by atoms with Crippen molar-refractivity contribution in [2.24, 2.45) is 5.73 Å². The summed E-state index contributed by atoms with van der Waals surface area (Å²) in [6.07, 6.45) is -0.00610. The van der Waals surface area contributed by atoms with Crippen molar-refractivity contribution in [1.82, 2.24) is 5.32 Å². The summed E-state index contributed by atoms with van der Waals surface area (Å²) in [5, 5.41) is 11.5. The van der Waals surface area contributed by atoms with E-state index in [-0.39, 0.29) is 19.1 Å². The molecule has 1 rings (SSSR count). The summed E-state index contributed by atoms with van der Waals surface area (Å²) in [5.74, 6) is -0.245. The Hall–Kier alpha value is -0.650. The number of nitrogens with one attached hydrogen (secondary N) is 1. The normalized spacial score (nSPS) is 30.1. The molecule has 4 N–H and O–H groups in total. The van der Waals surface area contributed by atoms with E-state index in [0.29, 0.717) is 13.0 Å². The lowest BCUT2D eigenvalue weighted by Crippen LogP contribution is -2.55. The average molecular weight is 188 g/mol. The first-order valence-corrected chi connectivity index (χ1v) is 4.37. The number of carbonyl (C=O) groups is 1. The highest BCUT2D eigenvalue weighted by atomic mass is 16.5. The van der Waals surface area contributed by atoms with Crippen LogP contribution in [0, 0.1) is 0 Å². The van der Waals surface area contributed by atoms with Crippen LogP contribution in [-0.4, -0.2) is 42.4 Å². The summed E-state index contributed by atoms with van der Waals surface area (Å²) in [4.78, 5) is 11.4. The summed E-state index contributed by atoms with van der Waals surface area (Å²) < 4.78 is 5.04. The quantitative estimate of drug-likeness (QED) is 0.508. The van der Waals surface area contributed by atoms with E-state index in [2.05, 4.69) is 5.32 Å². The molecule has 5 nitrogen and oxygen atoms in total. The van der Waals surface area contributed by atoms with Crippen molar-refractivity contribution < 1.29 is 14.6 Å². The maximum Gasteiger partial charge on any atom is 0.242 e. The fourth-order valence-corrected chi connectivity index (χ4v) is 1.18. The van der Waals surface area contributed by atoms with Gasteiger partial charge >= 0.3 is 0 Å². The monoisotopic (exact) mass is 188 g/mol. The Bertz CT molecular complexity index is 188. The highest BCUT2D eigenvalue weighted by molar-refractivity contribution is 5.86. The van der Waals surface area contributed by atoms with E-state index in [1.165, 1.54) is 0 Å². The molecule has 1 heterocycles. The number of ether oxygens (including phenoxy) is 1. The van der Waals surface area contributed by atoms with Crippen LogP contribution in [0.4, 0.5) is 0 Å². The number of aliphatic hydroxyl groups excluding tert-OH is 1. The first kappa shape index (κ1) is 10.4. The molecule has 13 heavy (non-hydrogen) atoms.